The van der Waals surface area contributed by atoms with Crippen LogP contribution in [0.5, 0.6) is 0 Å². The molecule has 2 fully saturated rings. The normalized spacial score (nSPS) is 25.4. The fraction of sp³-hybridized carbons (Fsp3) is 0.571. The van der Waals surface area contributed by atoms with E-state index >= 15 is 0 Å². The Hall–Kier alpha value is -1.14. The van der Waals surface area contributed by atoms with Crippen LogP contribution in [0.3, 0.4) is 0 Å². The molecule has 20 heavy (non-hydrogen) atoms. The number of hydrogen-bond acceptors (Lipinski definition) is 4. The van der Waals surface area contributed by atoms with Crippen molar-refractivity contribution in [2.45, 2.75) is 38.1 Å². The summed E-state index contributed by atoms with van der Waals surface area (Å²) in [4.78, 5) is 19.0. The number of nitrogens with one attached hydrogen (secondary N) is 1. The summed E-state index contributed by atoms with van der Waals surface area (Å²) in [7, 11) is 0. The third-order valence-electron chi connectivity index (χ3n) is 4.49. The topological polar surface area (TPSA) is 71.2 Å². The van der Waals surface area contributed by atoms with Crippen molar-refractivity contribution in [1.82, 2.24) is 9.88 Å². The second kappa shape index (κ2) is 5.69. The smallest absolute Gasteiger partial charge is 0.257 e. The van der Waals surface area contributed by atoms with Crippen molar-refractivity contribution >= 4 is 27.7 Å². The first-order valence-corrected chi connectivity index (χ1v) is 7.93. The first-order chi connectivity index (χ1) is 9.70. The highest BCUT2D eigenvalue weighted by Gasteiger charge is 2.39. The zero-order chi connectivity index (χ0) is 14.1. The number of fused-ring (bicyclic) bond motifs is 1. The van der Waals surface area contributed by atoms with Crippen molar-refractivity contribution in [3.63, 3.8) is 0 Å². The Bertz CT molecular complexity index is 522. The summed E-state index contributed by atoms with van der Waals surface area (Å²) in [6.45, 7) is 0.852. The molecule has 2 unspecified atom stereocenters. The van der Waals surface area contributed by atoms with Crippen LogP contribution in [0.15, 0.2) is 16.7 Å². The summed E-state index contributed by atoms with van der Waals surface area (Å²) in [5.41, 5.74) is 3.07. The van der Waals surface area contributed by atoms with Gasteiger partial charge in [-0.05, 0) is 47.2 Å². The molecule has 1 saturated heterocycles. The van der Waals surface area contributed by atoms with Gasteiger partial charge in [-0.1, -0.05) is 12.8 Å². The van der Waals surface area contributed by atoms with Crippen molar-refractivity contribution in [3.05, 3.63) is 22.3 Å². The Labute approximate surface area is 127 Å². The number of nitrogen functional groups attached to an aromatic ring is 1. The molecule has 1 aliphatic carbocycles. The number of carbonyl (C=O) groups is 1. The van der Waals surface area contributed by atoms with Crippen molar-refractivity contribution < 1.29 is 4.79 Å². The molecule has 0 spiro atoms. The maximum atomic E-state index is 12.8. The van der Waals surface area contributed by atoms with E-state index < -0.39 is 0 Å². The van der Waals surface area contributed by atoms with Gasteiger partial charge in [-0.15, -0.1) is 0 Å². The molecule has 2 heterocycles. The Morgan fingerprint density at radius 1 is 1.40 bits per heavy atom. The molecule has 2 aliphatic rings. The lowest BCUT2D eigenvalue weighted by Gasteiger charge is -2.32. The van der Waals surface area contributed by atoms with Crippen LogP contribution in [-0.4, -0.2) is 28.4 Å². The molecule has 6 heteroatoms. The minimum absolute atomic E-state index is 0.0427. The SMILES string of the molecule is NNc1ncc(Br)cc1C(=O)N1CCC2CCCCC21. The van der Waals surface area contributed by atoms with Crippen molar-refractivity contribution in [2.75, 3.05) is 12.0 Å². The Balaban J connectivity index is 1.87. The number of nitrogens with two attached hydrogens (primary N) is 1. The van der Waals surface area contributed by atoms with Gasteiger partial charge in [-0.3, -0.25) is 4.79 Å². The molecule has 108 valence electrons. The fourth-order valence-corrected chi connectivity index (χ4v) is 3.86. The van der Waals surface area contributed by atoms with E-state index in [-0.39, 0.29) is 5.91 Å². The molecule has 1 aromatic heterocycles. The molecule has 3 rings (SSSR count). The minimum atomic E-state index is 0.0427. The number of rotatable bonds is 2. The summed E-state index contributed by atoms with van der Waals surface area (Å²) < 4.78 is 0.791. The van der Waals surface area contributed by atoms with Gasteiger partial charge < -0.3 is 10.3 Å². The maximum Gasteiger partial charge on any atom is 0.257 e. The predicted octanol–water partition coefficient (Wildman–Crippen LogP) is 2.53. The van der Waals surface area contributed by atoms with Crippen LogP contribution >= 0.6 is 15.9 Å². The number of hydrogen-bond donors (Lipinski definition) is 2. The maximum absolute atomic E-state index is 12.8. The number of pyridine rings is 1. The molecule has 0 radical (unpaired) electrons. The predicted molar refractivity (Wildman–Crippen MR) is 81.1 cm³/mol. The number of likely N-dealkylation sites (tertiary alicyclic amines) is 1. The lowest BCUT2D eigenvalue weighted by atomic mass is 9.85. The molecular formula is C14H19BrN4O. The number of anilines is 1. The van der Waals surface area contributed by atoms with Gasteiger partial charge in [0.25, 0.3) is 5.91 Å². The summed E-state index contributed by atoms with van der Waals surface area (Å²) in [6, 6.07) is 2.20. The molecule has 1 saturated carbocycles. The minimum Gasteiger partial charge on any atom is -0.335 e. The zero-order valence-corrected chi connectivity index (χ0v) is 12.9. The molecule has 2 atom stereocenters. The van der Waals surface area contributed by atoms with E-state index in [1.165, 1.54) is 19.3 Å². The number of nitrogens with zero attached hydrogens (tertiary/aromatic N) is 2. The van der Waals surface area contributed by atoms with E-state index in [0.717, 1.165) is 23.9 Å². The molecule has 3 N–H and O–H groups in total. The van der Waals surface area contributed by atoms with Crippen LogP contribution < -0.4 is 11.3 Å². The number of carbonyl (C=O) groups excluding carboxylic acids is 1. The highest BCUT2D eigenvalue weighted by atomic mass is 79.9. The average molecular weight is 339 g/mol. The van der Waals surface area contributed by atoms with Gasteiger partial charge >= 0.3 is 0 Å². The van der Waals surface area contributed by atoms with Gasteiger partial charge in [0, 0.05) is 23.3 Å². The largest absolute Gasteiger partial charge is 0.335 e. The van der Waals surface area contributed by atoms with Crippen LogP contribution in [0.25, 0.3) is 0 Å². The number of halogens is 1. The summed E-state index contributed by atoms with van der Waals surface area (Å²) in [6.07, 6.45) is 7.68. The molecule has 1 aliphatic heterocycles. The highest BCUT2D eigenvalue weighted by molar-refractivity contribution is 9.10. The van der Waals surface area contributed by atoms with Crippen molar-refractivity contribution in [3.8, 4) is 0 Å². The number of aromatic nitrogens is 1. The summed E-state index contributed by atoms with van der Waals surface area (Å²) >= 11 is 3.37. The van der Waals surface area contributed by atoms with Crippen LogP contribution in [0.1, 0.15) is 42.5 Å². The summed E-state index contributed by atoms with van der Waals surface area (Å²) in [5, 5.41) is 0. The third-order valence-corrected chi connectivity index (χ3v) is 4.93. The van der Waals surface area contributed by atoms with Crippen molar-refractivity contribution in [1.29, 1.82) is 0 Å². The van der Waals surface area contributed by atoms with E-state index in [0.29, 0.717) is 23.3 Å². The quantitative estimate of drug-likeness (QED) is 0.642. The molecule has 1 aromatic rings. The molecule has 1 amide bonds. The van der Waals surface area contributed by atoms with Crippen LogP contribution in [0.2, 0.25) is 0 Å². The first-order valence-electron chi connectivity index (χ1n) is 7.14. The lowest BCUT2D eigenvalue weighted by Crippen LogP contribution is -2.39. The fourth-order valence-electron chi connectivity index (χ4n) is 3.53. The van der Waals surface area contributed by atoms with Gasteiger partial charge in [-0.25, -0.2) is 10.8 Å². The van der Waals surface area contributed by atoms with Crippen LogP contribution in [0, 0.1) is 5.92 Å². The second-order valence-electron chi connectivity index (χ2n) is 5.59. The zero-order valence-electron chi connectivity index (χ0n) is 11.3. The molecule has 0 aromatic carbocycles. The van der Waals surface area contributed by atoms with Gasteiger partial charge in [0.15, 0.2) is 5.82 Å². The third kappa shape index (κ3) is 2.42. The Morgan fingerprint density at radius 3 is 3.00 bits per heavy atom. The van der Waals surface area contributed by atoms with Crippen molar-refractivity contribution in [2.24, 2.45) is 11.8 Å². The standard InChI is InChI=1S/C14H19BrN4O/c15-10-7-11(13(18-16)17-8-10)14(20)19-6-5-9-3-1-2-4-12(9)19/h7-9,12H,1-6,16H2,(H,17,18). The number of hydrazine groups is 1. The first kappa shape index (κ1) is 13.8. The van der Waals surface area contributed by atoms with Crippen LogP contribution in [0.4, 0.5) is 5.82 Å². The monoisotopic (exact) mass is 338 g/mol. The van der Waals surface area contributed by atoms with Crippen LogP contribution in [-0.2, 0) is 0 Å². The van der Waals surface area contributed by atoms with E-state index in [9.17, 15) is 4.79 Å². The van der Waals surface area contributed by atoms with Gasteiger partial charge in [-0.2, -0.15) is 0 Å². The number of amides is 1. The van der Waals surface area contributed by atoms with Gasteiger partial charge in [0.2, 0.25) is 0 Å². The Morgan fingerprint density at radius 2 is 2.20 bits per heavy atom. The lowest BCUT2D eigenvalue weighted by molar-refractivity contribution is 0.0690. The highest BCUT2D eigenvalue weighted by Crippen LogP contribution is 2.37. The van der Waals surface area contributed by atoms with E-state index in [1.54, 1.807) is 12.3 Å². The van der Waals surface area contributed by atoms with Gasteiger partial charge in [0.05, 0.1) is 5.56 Å². The van der Waals surface area contributed by atoms with E-state index in [4.69, 9.17) is 5.84 Å². The Kier molecular flexibility index (Phi) is 3.94. The molecular weight excluding hydrogens is 320 g/mol. The van der Waals surface area contributed by atoms with E-state index in [1.807, 2.05) is 4.90 Å². The average Bonchev–Trinajstić information content (AvgIpc) is 2.90. The molecule has 5 nitrogen and oxygen atoms in total. The second-order valence-corrected chi connectivity index (χ2v) is 6.51. The van der Waals surface area contributed by atoms with Gasteiger partial charge in [0.1, 0.15) is 0 Å². The summed E-state index contributed by atoms with van der Waals surface area (Å²) in [5.74, 6) is 6.64. The molecule has 0 bridgehead atoms. The van der Waals surface area contributed by atoms with E-state index in [2.05, 4.69) is 26.3 Å².